The van der Waals surface area contributed by atoms with E-state index in [0.29, 0.717) is 6.54 Å². The smallest absolute Gasteiger partial charge is 0.357 e. The number of hydrogen-bond donors (Lipinski definition) is 4. The van der Waals surface area contributed by atoms with Gasteiger partial charge in [0.1, 0.15) is 11.3 Å². The molecular formula is C16H19F3N6O. The summed E-state index contributed by atoms with van der Waals surface area (Å²) in [6, 6.07) is 1.39. The number of carbonyl (C=O) groups is 1. The van der Waals surface area contributed by atoms with Crippen LogP contribution in [0.1, 0.15) is 28.9 Å². The maximum absolute atomic E-state index is 13.4. The van der Waals surface area contributed by atoms with Crippen molar-refractivity contribution in [2.75, 3.05) is 25.5 Å². The summed E-state index contributed by atoms with van der Waals surface area (Å²) in [5, 5.41) is 8.69. The Balaban J connectivity index is 1.95. The van der Waals surface area contributed by atoms with Gasteiger partial charge in [-0.1, -0.05) is 0 Å². The summed E-state index contributed by atoms with van der Waals surface area (Å²) < 4.78 is 40.1. The van der Waals surface area contributed by atoms with E-state index in [1.165, 1.54) is 19.3 Å². The highest BCUT2D eigenvalue weighted by Gasteiger charge is 2.36. The number of hydrogen-bond acceptors (Lipinski definition) is 5. The number of H-pyrrole nitrogens is 1. The van der Waals surface area contributed by atoms with Gasteiger partial charge < -0.3 is 20.9 Å². The Morgan fingerprint density at radius 3 is 2.85 bits per heavy atom. The second kappa shape index (κ2) is 7.32. The minimum absolute atomic E-state index is 0.0565. The van der Waals surface area contributed by atoms with E-state index >= 15 is 0 Å². The first-order valence-corrected chi connectivity index (χ1v) is 8.21. The van der Waals surface area contributed by atoms with E-state index in [0.717, 1.165) is 25.6 Å². The van der Waals surface area contributed by atoms with Crippen LogP contribution in [0.3, 0.4) is 0 Å². The standard InChI is InChI=1S/C16H19F3N6O/c1-20-14(26)12-5-9(6-22-12)13-11(16(17,18)19)8-23-15(25-13)24-10-3-2-4-21-7-10/h5-6,8,10,21-22H,2-4,7H2,1H3,(H,20,26)(H,23,24,25)/t10-/m0/s1. The van der Waals surface area contributed by atoms with Gasteiger partial charge in [-0.3, -0.25) is 4.79 Å². The molecule has 1 saturated heterocycles. The number of nitrogens with one attached hydrogen (secondary N) is 4. The van der Waals surface area contributed by atoms with Gasteiger partial charge >= 0.3 is 6.18 Å². The van der Waals surface area contributed by atoms with Crippen LogP contribution >= 0.6 is 0 Å². The molecule has 0 saturated carbocycles. The highest BCUT2D eigenvalue weighted by atomic mass is 19.4. The molecule has 1 amide bonds. The molecule has 1 aliphatic rings. The quantitative estimate of drug-likeness (QED) is 0.662. The lowest BCUT2D eigenvalue weighted by Crippen LogP contribution is -2.38. The van der Waals surface area contributed by atoms with E-state index in [1.54, 1.807) is 0 Å². The molecule has 2 aromatic rings. The molecule has 0 bridgehead atoms. The van der Waals surface area contributed by atoms with Crippen LogP contribution in [0, 0.1) is 0 Å². The Hall–Kier alpha value is -2.62. The summed E-state index contributed by atoms with van der Waals surface area (Å²) >= 11 is 0. The molecule has 0 radical (unpaired) electrons. The monoisotopic (exact) mass is 368 g/mol. The van der Waals surface area contributed by atoms with Crippen LogP contribution in [0.25, 0.3) is 11.3 Å². The van der Waals surface area contributed by atoms with Crippen LogP contribution in [0.5, 0.6) is 0 Å². The molecule has 4 N–H and O–H groups in total. The minimum atomic E-state index is -4.61. The molecule has 10 heteroatoms. The van der Waals surface area contributed by atoms with Crippen molar-refractivity contribution < 1.29 is 18.0 Å². The van der Waals surface area contributed by atoms with Crippen molar-refractivity contribution in [3.63, 3.8) is 0 Å². The first-order chi connectivity index (χ1) is 12.4. The van der Waals surface area contributed by atoms with Crippen LogP contribution in [-0.4, -0.2) is 47.0 Å². The fourth-order valence-electron chi connectivity index (χ4n) is 2.83. The summed E-state index contributed by atoms with van der Waals surface area (Å²) in [4.78, 5) is 22.2. The Morgan fingerprint density at radius 2 is 2.19 bits per heavy atom. The maximum Gasteiger partial charge on any atom is 0.419 e. The first kappa shape index (κ1) is 18.2. The molecule has 2 aromatic heterocycles. The van der Waals surface area contributed by atoms with Crippen molar-refractivity contribution in [3.05, 3.63) is 29.7 Å². The molecular weight excluding hydrogens is 349 g/mol. The highest BCUT2D eigenvalue weighted by Crippen LogP contribution is 2.36. The first-order valence-electron chi connectivity index (χ1n) is 8.21. The molecule has 7 nitrogen and oxygen atoms in total. The van der Waals surface area contributed by atoms with Crippen LogP contribution in [0.4, 0.5) is 19.1 Å². The Morgan fingerprint density at radius 1 is 1.38 bits per heavy atom. The lowest BCUT2D eigenvalue weighted by Gasteiger charge is -2.24. The number of aromatic nitrogens is 3. The second-order valence-corrected chi connectivity index (χ2v) is 6.02. The number of carbonyl (C=O) groups excluding carboxylic acids is 1. The van der Waals surface area contributed by atoms with E-state index < -0.39 is 17.6 Å². The van der Waals surface area contributed by atoms with Crippen molar-refractivity contribution in [2.24, 2.45) is 0 Å². The number of rotatable bonds is 4. The molecule has 140 valence electrons. The summed E-state index contributed by atoms with van der Waals surface area (Å²) in [6.45, 7) is 1.62. The molecule has 0 aliphatic carbocycles. The molecule has 0 aromatic carbocycles. The average Bonchev–Trinajstić information content (AvgIpc) is 3.11. The normalized spacial score (nSPS) is 17.8. The summed E-state index contributed by atoms with van der Waals surface area (Å²) in [5.41, 5.74) is -0.902. The fourth-order valence-corrected chi connectivity index (χ4v) is 2.83. The van der Waals surface area contributed by atoms with E-state index in [1.807, 2.05) is 0 Å². The molecule has 3 rings (SSSR count). The van der Waals surface area contributed by atoms with Crippen LogP contribution in [0.15, 0.2) is 18.5 Å². The van der Waals surface area contributed by atoms with Gasteiger partial charge in [-0.15, -0.1) is 0 Å². The topological polar surface area (TPSA) is 94.7 Å². The summed E-state index contributed by atoms with van der Waals surface area (Å²) in [6.07, 6.45) is -0.650. The molecule has 3 heterocycles. The van der Waals surface area contributed by atoms with Gasteiger partial charge in [-0.25, -0.2) is 9.97 Å². The van der Waals surface area contributed by atoms with Crippen molar-refractivity contribution in [2.45, 2.75) is 25.1 Å². The van der Waals surface area contributed by atoms with Crippen LogP contribution in [-0.2, 0) is 6.18 Å². The third-order valence-corrected chi connectivity index (χ3v) is 4.15. The van der Waals surface area contributed by atoms with E-state index in [4.69, 9.17) is 0 Å². The molecule has 26 heavy (non-hydrogen) atoms. The highest BCUT2D eigenvalue weighted by molar-refractivity contribution is 5.93. The zero-order chi connectivity index (χ0) is 18.7. The van der Waals surface area contributed by atoms with E-state index in [9.17, 15) is 18.0 Å². The Bertz CT molecular complexity index is 783. The van der Waals surface area contributed by atoms with Gasteiger partial charge in [0.2, 0.25) is 5.95 Å². The van der Waals surface area contributed by atoms with Crippen LogP contribution in [0.2, 0.25) is 0 Å². The van der Waals surface area contributed by atoms with Crippen LogP contribution < -0.4 is 16.0 Å². The van der Waals surface area contributed by atoms with Crippen molar-refractivity contribution in [1.29, 1.82) is 0 Å². The minimum Gasteiger partial charge on any atom is -0.357 e. The van der Waals surface area contributed by atoms with Crippen molar-refractivity contribution in [3.8, 4) is 11.3 Å². The predicted molar refractivity (Wildman–Crippen MR) is 89.7 cm³/mol. The Labute approximate surface area is 147 Å². The van der Waals surface area contributed by atoms with Gasteiger partial charge in [0, 0.05) is 37.6 Å². The van der Waals surface area contributed by atoms with Gasteiger partial charge in [-0.2, -0.15) is 13.2 Å². The molecule has 1 aliphatic heterocycles. The third kappa shape index (κ3) is 3.96. The zero-order valence-corrected chi connectivity index (χ0v) is 14.1. The van der Waals surface area contributed by atoms with Gasteiger partial charge in [-0.05, 0) is 25.5 Å². The molecule has 1 atom stereocenters. The number of alkyl halides is 3. The lowest BCUT2D eigenvalue weighted by atomic mass is 10.1. The number of anilines is 1. The Kier molecular flexibility index (Phi) is 5.12. The number of nitrogens with zero attached hydrogens (tertiary/aromatic N) is 2. The number of piperidine rings is 1. The van der Waals surface area contributed by atoms with Gasteiger partial charge in [0.05, 0.1) is 5.69 Å². The van der Waals surface area contributed by atoms with Crippen molar-refractivity contribution in [1.82, 2.24) is 25.6 Å². The number of aromatic amines is 1. The molecule has 0 unspecified atom stereocenters. The summed E-state index contributed by atoms with van der Waals surface area (Å²) in [5.74, 6) is -0.296. The molecule has 0 spiro atoms. The number of halogens is 3. The maximum atomic E-state index is 13.4. The second-order valence-electron chi connectivity index (χ2n) is 6.02. The SMILES string of the molecule is CNC(=O)c1cc(-c2nc(N[C@H]3CCCNC3)ncc2C(F)(F)F)c[nH]1. The van der Waals surface area contributed by atoms with Gasteiger partial charge in [0.15, 0.2) is 0 Å². The largest absolute Gasteiger partial charge is 0.419 e. The van der Waals surface area contributed by atoms with Crippen molar-refractivity contribution >= 4 is 11.9 Å². The lowest BCUT2D eigenvalue weighted by molar-refractivity contribution is -0.137. The predicted octanol–water partition coefficient (Wildman–Crippen LogP) is 2.01. The molecule has 1 fully saturated rings. The van der Waals surface area contributed by atoms with E-state index in [2.05, 4.69) is 30.9 Å². The third-order valence-electron chi connectivity index (χ3n) is 4.15. The van der Waals surface area contributed by atoms with Gasteiger partial charge in [0.25, 0.3) is 5.91 Å². The average molecular weight is 368 g/mol. The summed E-state index contributed by atoms with van der Waals surface area (Å²) in [7, 11) is 1.44. The number of amides is 1. The van der Waals surface area contributed by atoms with E-state index in [-0.39, 0.29) is 28.9 Å². The fraction of sp³-hybridized carbons (Fsp3) is 0.438. The zero-order valence-electron chi connectivity index (χ0n) is 14.1.